The van der Waals surface area contributed by atoms with Crippen LogP contribution in [0.2, 0.25) is 5.02 Å². The van der Waals surface area contributed by atoms with E-state index in [1.54, 1.807) is 6.07 Å². The Balaban J connectivity index is 2.24. The number of aryl methyl sites for hydroxylation is 1. The SMILES string of the molecule is NCCCc1nnc(-c2ccc(Br)cc2Cl)o1. The summed E-state index contributed by atoms with van der Waals surface area (Å²) in [6.45, 7) is 0.608. The predicted molar refractivity (Wildman–Crippen MR) is 69.8 cm³/mol. The molecule has 0 saturated carbocycles. The van der Waals surface area contributed by atoms with Crippen molar-refractivity contribution in [1.82, 2.24) is 10.2 Å². The van der Waals surface area contributed by atoms with Gasteiger partial charge < -0.3 is 10.2 Å². The van der Waals surface area contributed by atoms with Crippen LogP contribution in [-0.2, 0) is 6.42 Å². The molecule has 90 valence electrons. The molecule has 0 atom stereocenters. The van der Waals surface area contributed by atoms with Crippen LogP contribution >= 0.6 is 27.5 Å². The minimum atomic E-state index is 0.439. The van der Waals surface area contributed by atoms with Gasteiger partial charge in [0.1, 0.15) is 0 Å². The molecule has 0 bridgehead atoms. The Morgan fingerprint density at radius 3 is 2.88 bits per heavy atom. The standard InChI is InChI=1S/C11H11BrClN3O/c12-7-3-4-8(9(13)6-7)11-16-15-10(17-11)2-1-5-14/h3-4,6H,1-2,5,14H2. The summed E-state index contributed by atoms with van der Waals surface area (Å²) in [6, 6.07) is 5.51. The van der Waals surface area contributed by atoms with E-state index in [9.17, 15) is 0 Å². The Bertz CT molecular complexity index is 515. The number of rotatable bonds is 4. The maximum absolute atomic E-state index is 6.10. The number of nitrogens with two attached hydrogens (primary N) is 1. The van der Waals surface area contributed by atoms with E-state index in [1.165, 1.54) is 0 Å². The molecule has 0 saturated heterocycles. The van der Waals surface area contributed by atoms with E-state index in [0.29, 0.717) is 29.8 Å². The molecule has 0 spiro atoms. The molecule has 0 aliphatic heterocycles. The lowest BCUT2D eigenvalue weighted by molar-refractivity contribution is 0.499. The minimum absolute atomic E-state index is 0.439. The quantitative estimate of drug-likeness (QED) is 0.941. The van der Waals surface area contributed by atoms with Crippen molar-refractivity contribution in [2.24, 2.45) is 5.73 Å². The van der Waals surface area contributed by atoms with Gasteiger partial charge in [-0.3, -0.25) is 0 Å². The summed E-state index contributed by atoms with van der Waals surface area (Å²) in [4.78, 5) is 0. The second-order valence-electron chi connectivity index (χ2n) is 3.52. The molecule has 6 heteroatoms. The van der Waals surface area contributed by atoms with Gasteiger partial charge in [-0.1, -0.05) is 27.5 Å². The Morgan fingerprint density at radius 1 is 1.35 bits per heavy atom. The van der Waals surface area contributed by atoms with Gasteiger partial charge in [-0.15, -0.1) is 10.2 Å². The fourth-order valence-corrected chi connectivity index (χ4v) is 2.13. The number of halogens is 2. The van der Waals surface area contributed by atoms with Gasteiger partial charge in [-0.2, -0.15) is 0 Å². The summed E-state index contributed by atoms with van der Waals surface area (Å²) in [6.07, 6.45) is 1.52. The average Bonchev–Trinajstić information content (AvgIpc) is 2.75. The van der Waals surface area contributed by atoms with Crippen LogP contribution in [0.3, 0.4) is 0 Å². The summed E-state index contributed by atoms with van der Waals surface area (Å²) in [5, 5.41) is 8.50. The molecule has 2 N–H and O–H groups in total. The molecule has 1 heterocycles. The maximum Gasteiger partial charge on any atom is 0.249 e. The summed E-state index contributed by atoms with van der Waals surface area (Å²) in [5.41, 5.74) is 6.16. The van der Waals surface area contributed by atoms with Gasteiger partial charge in [-0.05, 0) is 31.2 Å². The third-order valence-electron chi connectivity index (χ3n) is 2.22. The molecule has 4 nitrogen and oxygen atoms in total. The van der Waals surface area contributed by atoms with Crippen LogP contribution in [-0.4, -0.2) is 16.7 Å². The van der Waals surface area contributed by atoms with Gasteiger partial charge in [-0.25, -0.2) is 0 Å². The molecule has 0 unspecified atom stereocenters. The molecule has 1 aromatic heterocycles. The van der Waals surface area contributed by atoms with Crippen LogP contribution in [0.15, 0.2) is 27.1 Å². The largest absolute Gasteiger partial charge is 0.421 e. The topological polar surface area (TPSA) is 64.9 Å². The molecule has 0 amide bonds. The maximum atomic E-state index is 6.10. The smallest absolute Gasteiger partial charge is 0.249 e. The Hall–Kier alpha value is -0.910. The lowest BCUT2D eigenvalue weighted by atomic mass is 10.2. The Labute approximate surface area is 112 Å². The van der Waals surface area contributed by atoms with Crippen molar-refractivity contribution in [3.8, 4) is 11.5 Å². The molecule has 0 fully saturated rings. The van der Waals surface area contributed by atoms with Crippen molar-refractivity contribution >= 4 is 27.5 Å². The highest BCUT2D eigenvalue weighted by Crippen LogP contribution is 2.29. The second-order valence-corrected chi connectivity index (χ2v) is 4.84. The molecule has 1 aromatic carbocycles. The Kier molecular flexibility index (Phi) is 4.15. The van der Waals surface area contributed by atoms with Crippen molar-refractivity contribution in [2.75, 3.05) is 6.54 Å². The molecule has 2 aromatic rings. The van der Waals surface area contributed by atoms with E-state index in [0.717, 1.165) is 16.5 Å². The van der Waals surface area contributed by atoms with E-state index in [2.05, 4.69) is 26.1 Å². The first-order chi connectivity index (χ1) is 8.20. The first kappa shape index (κ1) is 12.5. The first-order valence-electron chi connectivity index (χ1n) is 5.18. The second kappa shape index (κ2) is 5.62. The molecule has 0 aliphatic carbocycles. The zero-order valence-electron chi connectivity index (χ0n) is 8.99. The highest BCUT2D eigenvalue weighted by atomic mass is 79.9. The van der Waals surface area contributed by atoms with E-state index < -0.39 is 0 Å². The zero-order chi connectivity index (χ0) is 12.3. The highest BCUT2D eigenvalue weighted by Gasteiger charge is 2.11. The number of benzene rings is 1. The van der Waals surface area contributed by atoms with Gasteiger partial charge in [0, 0.05) is 10.9 Å². The van der Waals surface area contributed by atoms with Crippen LogP contribution in [0.4, 0.5) is 0 Å². The van der Waals surface area contributed by atoms with E-state index in [-0.39, 0.29) is 0 Å². The molecule has 17 heavy (non-hydrogen) atoms. The average molecular weight is 317 g/mol. The summed E-state index contributed by atoms with van der Waals surface area (Å²) >= 11 is 9.44. The van der Waals surface area contributed by atoms with Gasteiger partial charge in [0.15, 0.2) is 0 Å². The number of nitrogens with zero attached hydrogens (tertiary/aromatic N) is 2. The van der Waals surface area contributed by atoms with Crippen LogP contribution in [0.1, 0.15) is 12.3 Å². The fraction of sp³-hybridized carbons (Fsp3) is 0.273. The van der Waals surface area contributed by atoms with Crippen LogP contribution in [0, 0.1) is 0 Å². The van der Waals surface area contributed by atoms with E-state index in [1.807, 2.05) is 12.1 Å². The molecule has 2 rings (SSSR count). The number of hydrogen-bond acceptors (Lipinski definition) is 4. The number of aromatic nitrogens is 2. The Morgan fingerprint density at radius 2 is 2.18 bits per heavy atom. The summed E-state index contributed by atoms with van der Waals surface area (Å²) in [5.74, 6) is 1.03. The fourth-order valence-electron chi connectivity index (χ4n) is 1.38. The van der Waals surface area contributed by atoms with Crippen LogP contribution < -0.4 is 5.73 Å². The van der Waals surface area contributed by atoms with Crippen molar-refractivity contribution in [3.05, 3.63) is 33.6 Å². The van der Waals surface area contributed by atoms with Gasteiger partial charge >= 0.3 is 0 Å². The molecular weight excluding hydrogens is 305 g/mol. The van der Waals surface area contributed by atoms with Crippen LogP contribution in [0.25, 0.3) is 11.5 Å². The predicted octanol–water partition coefficient (Wildman–Crippen LogP) is 3.04. The van der Waals surface area contributed by atoms with Crippen molar-refractivity contribution in [3.63, 3.8) is 0 Å². The van der Waals surface area contributed by atoms with Gasteiger partial charge in [0.05, 0.1) is 10.6 Å². The monoisotopic (exact) mass is 315 g/mol. The number of hydrogen-bond donors (Lipinski definition) is 1. The normalized spacial score (nSPS) is 10.8. The minimum Gasteiger partial charge on any atom is -0.421 e. The van der Waals surface area contributed by atoms with Crippen molar-refractivity contribution in [2.45, 2.75) is 12.8 Å². The zero-order valence-corrected chi connectivity index (χ0v) is 11.3. The molecule has 0 radical (unpaired) electrons. The summed E-state index contributed by atoms with van der Waals surface area (Å²) < 4.78 is 6.43. The van der Waals surface area contributed by atoms with Crippen molar-refractivity contribution in [1.29, 1.82) is 0 Å². The lowest BCUT2D eigenvalue weighted by Gasteiger charge is -1.99. The van der Waals surface area contributed by atoms with Crippen LogP contribution in [0.5, 0.6) is 0 Å². The van der Waals surface area contributed by atoms with Gasteiger partial charge in [0.2, 0.25) is 11.8 Å². The molecular formula is C11H11BrClN3O. The highest BCUT2D eigenvalue weighted by molar-refractivity contribution is 9.10. The summed E-state index contributed by atoms with van der Waals surface area (Å²) in [7, 11) is 0. The third-order valence-corrected chi connectivity index (χ3v) is 3.03. The lowest BCUT2D eigenvalue weighted by Crippen LogP contribution is -2.00. The molecule has 0 aliphatic rings. The van der Waals surface area contributed by atoms with Gasteiger partial charge in [0.25, 0.3) is 0 Å². The van der Waals surface area contributed by atoms with E-state index in [4.69, 9.17) is 21.8 Å². The third kappa shape index (κ3) is 3.06. The van der Waals surface area contributed by atoms with Crippen molar-refractivity contribution < 1.29 is 4.42 Å². The first-order valence-corrected chi connectivity index (χ1v) is 6.35. The van der Waals surface area contributed by atoms with E-state index >= 15 is 0 Å².